The van der Waals surface area contributed by atoms with Crippen LogP contribution in [0.4, 0.5) is 0 Å². The van der Waals surface area contributed by atoms with E-state index in [0.29, 0.717) is 18.4 Å². The Balaban J connectivity index is 0.00000161. The zero-order valence-electron chi connectivity index (χ0n) is 12.5. The number of rotatable bonds is 2. The molecule has 2 N–H and O–H groups in total. The van der Waals surface area contributed by atoms with Gasteiger partial charge in [-0.15, -0.1) is 12.4 Å². The lowest BCUT2D eigenvalue weighted by Crippen LogP contribution is -2.57. The molecular formula is C16H23ClN2O2. The first-order chi connectivity index (χ1) is 9.65. The van der Waals surface area contributed by atoms with Crippen molar-refractivity contribution >= 4 is 18.3 Å². The van der Waals surface area contributed by atoms with Crippen molar-refractivity contribution < 1.29 is 9.53 Å². The van der Waals surface area contributed by atoms with Crippen LogP contribution in [0.1, 0.15) is 25.8 Å². The predicted molar refractivity (Wildman–Crippen MR) is 85.0 cm³/mol. The van der Waals surface area contributed by atoms with Gasteiger partial charge in [-0.1, -0.05) is 25.1 Å². The third-order valence-corrected chi connectivity index (χ3v) is 4.47. The van der Waals surface area contributed by atoms with E-state index in [1.165, 1.54) is 0 Å². The predicted octanol–water partition coefficient (Wildman–Crippen LogP) is 1.91. The van der Waals surface area contributed by atoms with Crippen LogP contribution in [0.5, 0.6) is 5.75 Å². The number of piperidine rings is 1. The second-order valence-electron chi connectivity index (χ2n) is 5.96. The summed E-state index contributed by atoms with van der Waals surface area (Å²) >= 11 is 0. The number of fused-ring (bicyclic) bond motifs is 1. The van der Waals surface area contributed by atoms with Crippen molar-refractivity contribution in [3.63, 3.8) is 0 Å². The first-order valence-corrected chi connectivity index (χ1v) is 7.43. The van der Waals surface area contributed by atoms with Gasteiger partial charge in [-0.05, 0) is 37.4 Å². The molecule has 21 heavy (non-hydrogen) atoms. The van der Waals surface area contributed by atoms with Crippen molar-refractivity contribution in [1.29, 1.82) is 0 Å². The van der Waals surface area contributed by atoms with Crippen LogP contribution < -0.4 is 15.4 Å². The summed E-state index contributed by atoms with van der Waals surface area (Å²) in [5.74, 6) is 1.35. The molecule has 0 aliphatic carbocycles. The van der Waals surface area contributed by atoms with E-state index in [-0.39, 0.29) is 30.5 Å². The number of ether oxygens (including phenoxy) is 1. The van der Waals surface area contributed by atoms with Gasteiger partial charge in [-0.2, -0.15) is 0 Å². The summed E-state index contributed by atoms with van der Waals surface area (Å²) in [6, 6.07) is 8.37. The number of hydrogen-bond donors (Lipinski definition) is 2. The molecule has 4 unspecified atom stereocenters. The van der Waals surface area contributed by atoms with Gasteiger partial charge >= 0.3 is 0 Å². The largest absolute Gasteiger partial charge is 0.480 e. The monoisotopic (exact) mass is 310 g/mol. The molecule has 0 saturated carbocycles. The van der Waals surface area contributed by atoms with Gasteiger partial charge in [0, 0.05) is 18.5 Å². The molecule has 1 saturated heterocycles. The summed E-state index contributed by atoms with van der Waals surface area (Å²) in [7, 11) is 0. The normalized spacial score (nSPS) is 30.8. The number of benzene rings is 1. The Hall–Kier alpha value is -1.26. The summed E-state index contributed by atoms with van der Waals surface area (Å²) in [6.07, 6.45) is 1.39. The Morgan fingerprint density at radius 3 is 2.81 bits per heavy atom. The maximum atomic E-state index is 12.4. The molecule has 0 aromatic heterocycles. The Morgan fingerprint density at radius 1 is 1.33 bits per heavy atom. The Morgan fingerprint density at radius 2 is 2.10 bits per heavy atom. The molecule has 1 amide bonds. The van der Waals surface area contributed by atoms with E-state index in [1.54, 1.807) is 0 Å². The van der Waals surface area contributed by atoms with Crippen LogP contribution in [0, 0.1) is 5.92 Å². The van der Waals surface area contributed by atoms with Gasteiger partial charge in [0.2, 0.25) is 0 Å². The number of para-hydroxylation sites is 1. The van der Waals surface area contributed by atoms with Crippen molar-refractivity contribution in [2.24, 2.45) is 5.92 Å². The molecule has 0 bridgehead atoms. The topological polar surface area (TPSA) is 50.4 Å². The van der Waals surface area contributed by atoms with E-state index < -0.39 is 0 Å². The maximum absolute atomic E-state index is 12.4. The van der Waals surface area contributed by atoms with Gasteiger partial charge < -0.3 is 15.4 Å². The van der Waals surface area contributed by atoms with Crippen molar-refractivity contribution in [3.8, 4) is 5.75 Å². The van der Waals surface area contributed by atoms with Crippen molar-refractivity contribution in [1.82, 2.24) is 10.6 Å². The van der Waals surface area contributed by atoms with Crippen LogP contribution >= 0.6 is 12.4 Å². The minimum atomic E-state index is -0.381. The molecule has 4 nitrogen and oxygen atoms in total. The highest BCUT2D eigenvalue weighted by atomic mass is 35.5. The summed E-state index contributed by atoms with van der Waals surface area (Å²) < 4.78 is 5.75. The second kappa shape index (κ2) is 6.67. The average Bonchev–Trinajstić information content (AvgIpc) is 2.87. The Kier molecular flexibility index (Phi) is 5.12. The van der Waals surface area contributed by atoms with Crippen LogP contribution in [0.15, 0.2) is 24.3 Å². The van der Waals surface area contributed by atoms with E-state index in [4.69, 9.17) is 4.74 Å². The lowest BCUT2D eigenvalue weighted by molar-refractivity contribution is -0.128. The molecule has 4 atom stereocenters. The highest BCUT2D eigenvalue weighted by Crippen LogP contribution is 2.28. The first-order valence-electron chi connectivity index (χ1n) is 7.43. The Labute approximate surface area is 132 Å². The minimum absolute atomic E-state index is 0. The SMILES string of the molecule is CC1CCNC(C)C1NC(=O)C1Cc2ccccc2O1.Cl. The average molecular weight is 311 g/mol. The van der Waals surface area contributed by atoms with Crippen molar-refractivity contribution in [2.75, 3.05) is 6.54 Å². The standard InChI is InChI=1S/C16H22N2O2.ClH/c1-10-7-8-17-11(2)15(10)18-16(19)14-9-12-5-3-4-6-13(12)20-14;/h3-6,10-11,14-15,17H,7-9H2,1-2H3,(H,18,19);1H. The number of hydrogen-bond acceptors (Lipinski definition) is 3. The molecule has 1 aromatic carbocycles. The van der Waals surface area contributed by atoms with E-state index in [1.807, 2.05) is 24.3 Å². The van der Waals surface area contributed by atoms with Gasteiger partial charge in [0.25, 0.3) is 5.91 Å². The number of carbonyl (C=O) groups is 1. The van der Waals surface area contributed by atoms with Crippen molar-refractivity contribution in [2.45, 2.75) is 44.9 Å². The first kappa shape index (κ1) is 16.1. The van der Waals surface area contributed by atoms with Crippen LogP contribution in [0.25, 0.3) is 0 Å². The molecule has 1 aromatic rings. The van der Waals surface area contributed by atoms with Gasteiger partial charge in [0.05, 0.1) is 0 Å². The van der Waals surface area contributed by atoms with E-state index in [2.05, 4.69) is 24.5 Å². The molecule has 5 heteroatoms. The summed E-state index contributed by atoms with van der Waals surface area (Å²) in [6.45, 7) is 5.36. The smallest absolute Gasteiger partial charge is 0.261 e. The lowest BCUT2D eigenvalue weighted by atomic mass is 9.89. The molecule has 2 heterocycles. The fourth-order valence-electron chi connectivity index (χ4n) is 3.19. The van der Waals surface area contributed by atoms with E-state index in [0.717, 1.165) is 24.3 Å². The van der Waals surface area contributed by atoms with Gasteiger partial charge in [0.15, 0.2) is 6.10 Å². The third-order valence-electron chi connectivity index (χ3n) is 4.47. The molecule has 1 fully saturated rings. The highest BCUT2D eigenvalue weighted by molar-refractivity contribution is 5.85. The van der Waals surface area contributed by atoms with Gasteiger partial charge in [-0.3, -0.25) is 4.79 Å². The van der Waals surface area contributed by atoms with Crippen LogP contribution in [-0.2, 0) is 11.2 Å². The second-order valence-corrected chi connectivity index (χ2v) is 5.96. The summed E-state index contributed by atoms with van der Waals surface area (Å²) in [5.41, 5.74) is 1.12. The summed E-state index contributed by atoms with van der Waals surface area (Å²) in [5, 5.41) is 6.59. The highest BCUT2D eigenvalue weighted by Gasteiger charge is 2.34. The number of nitrogens with one attached hydrogen (secondary N) is 2. The maximum Gasteiger partial charge on any atom is 0.261 e. The summed E-state index contributed by atoms with van der Waals surface area (Å²) in [4.78, 5) is 12.4. The fourth-order valence-corrected chi connectivity index (χ4v) is 3.19. The van der Waals surface area contributed by atoms with Gasteiger partial charge in [0.1, 0.15) is 5.75 Å². The molecule has 0 radical (unpaired) electrons. The van der Waals surface area contributed by atoms with Crippen LogP contribution in [0.2, 0.25) is 0 Å². The number of halogens is 1. The number of carbonyl (C=O) groups excluding carboxylic acids is 1. The van der Waals surface area contributed by atoms with Crippen molar-refractivity contribution in [3.05, 3.63) is 29.8 Å². The van der Waals surface area contributed by atoms with E-state index >= 15 is 0 Å². The minimum Gasteiger partial charge on any atom is -0.480 e. The lowest BCUT2D eigenvalue weighted by Gasteiger charge is -2.36. The number of amides is 1. The Bertz CT molecular complexity index is 474. The molecule has 2 aliphatic rings. The molecule has 3 rings (SSSR count). The molecule has 0 spiro atoms. The zero-order valence-corrected chi connectivity index (χ0v) is 13.3. The van der Waals surface area contributed by atoms with Crippen LogP contribution in [-0.4, -0.2) is 30.6 Å². The quantitative estimate of drug-likeness (QED) is 0.877. The van der Waals surface area contributed by atoms with Crippen LogP contribution in [0.3, 0.4) is 0 Å². The van der Waals surface area contributed by atoms with Gasteiger partial charge in [-0.25, -0.2) is 0 Å². The fraction of sp³-hybridized carbons (Fsp3) is 0.562. The third kappa shape index (κ3) is 3.33. The zero-order chi connectivity index (χ0) is 14.1. The molecule has 116 valence electrons. The molecular weight excluding hydrogens is 288 g/mol. The van der Waals surface area contributed by atoms with E-state index in [9.17, 15) is 4.79 Å². The molecule has 2 aliphatic heterocycles.